The van der Waals surface area contributed by atoms with Gasteiger partial charge in [0.2, 0.25) is 11.9 Å². The van der Waals surface area contributed by atoms with E-state index in [9.17, 15) is 5.26 Å². The average Bonchev–Trinajstić information content (AvgIpc) is 4.05. The third kappa shape index (κ3) is 4.46. The van der Waals surface area contributed by atoms with Crippen molar-refractivity contribution < 1.29 is 4.42 Å². The molecule has 60 heavy (non-hydrogen) atoms. The predicted octanol–water partition coefficient (Wildman–Crippen LogP) is 12.6. The lowest BCUT2D eigenvalue weighted by Crippen LogP contribution is -2.10. The molecule has 0 fully saturated rings. The second-order valence-electron chi connectivity index (χ2n) is 15.1. The summed E-state index contributed by atoms with van der Waals surface area (Å²) in [5.41, 5.74) is 9.49. The molecule has 5 aromatic heterocycles. The minimum atomic E-state index is 0.451. The molecule has 278 valence electrons. The molecule has 0 N–H and O–H groups in total. The van der Waals surface area contributed by atoms with Crippen molar-refractivity contribution in [2.75, 3.05) is 0 Å². The highest BCUT2D eigenvalue weighted by Crippen LogP contribution is 2.42. The van der Waals surface area contributed by atoms with Crippen LogP contribution in [0.3, 0.4) is 0 Å². The predicted molar refractivity (Wildman–Crippen MR) is 240 cm³/mol. The molecule has 0 saturated carbocycles. The molecular formula is C52H29N7O. The highest BCUT2D eigenvalue weighted by Gasteiger charge is 2.23. The Morgan fingerprint density at radius 1 is 0.417 bits per heavy atom. The molecule has 0 aliphatic rings. The van der Waals surface area contributed by atoms with E-state index in [1.54, 1.807) is 0 Å². The summed E-state index contributed by atoms with van der Waals surface area (Å²) in [6.07, 6.45) is 0. The van der Waals surface area contributed by atoms with Crippen molar-refractivity contribution in [3.8, 4) is 35.0 Å². The number of benzene rings is 8. The third-order valence-corrected chi connectivity index (χ3v) is 12.0. The lowest BCUT2D eigenvalue weighted by atomic mass is 10.1. The molecular weight excluding hydrogens is 739 g/mol. The van der Waals surface area contributed by atoms with Crippen molar-refractivity contribution in [2.24, 2.45) is 0 Å². The van der Waals surface area contributed by atoms with Crippen molar-refractivity contribution in [1.29, 1.82) is 5.26 Å². The number of hydrogen-bond donors (Lipinski definition) is 0. The van der Waals surface area contributed by atoms with Crippen molar-refractivity contribution in [2.45, 2.75) is 0 Å². The Hall–Kier alpha value is -8.54. The van der Waals surface area contributed by atoms with Gasteiger partial charge in [-0.3, -0.25) is 9.13 Å². The van der Waals surface area contributed by atoms with Gasteiger partial charge in [-0.05, 0) is 66.7 Å². The van der Waals surface area contributed by atoms with E-state index in [-0.39, 0.29) is 0 Å². The number of nitriles is 1. The van der Waals surface area contributed by atoms with Gasteiger partial charge in [0.25, 0.3) is 0 Å². The fraction of sp³-hybridized carbons (Fsp3) is 0. The lowest BCUT2D eigenvalue weighted by Gasteiger charge is -2.14. The number of fused-ring (bicyclic) bond motifs is 13. The largest absolute Gasteiger partial charge is 0.456 e. The van der Waals surface area contributed by atoms with Gasteiger partial charge in [-0.1, -0.05) is 109 Å². The molecule has 8 heteroatoms. The van der Waals surface area contributed by atoms with Gasteiger partial charge in [0.15, 0.2) is 5.82 Å². The summed E-state index contributed by atoms with van der Waals surface area (Å²) in [5, 5.41) is 19.7. The summed E-state index contributed by atoms with van der Waals surface area (Å²) in [5.74, 6) is 1.41. The summed E-state index contributed by atoms with van der Waals surface area (Å²) in [4.78, 5) is 15.8. The van der Waals surface area contributed by atoms with Crippen LogP contribution in [0.5, 0.6) is 0 Å². The van der Waals surface area contributed by atoms with Crippen LogP contribution in [0.1, 0.15) is 5.56 Å². The summed E-state index contributed by atoms with van der Waals surface area (Å²) in [7, 11) is 0. The molecule has 0 aliphatic heterocycles. The van der Waals surface area contributed by atoms with Crippen molar-refractivity contribution in [1.82, 2.24) is 28.7 Å². The van der Waals surface area contributed by atoms with Gasteiger partial charge in [-0.2, -0.15) is 20.2 Å². The first-order chi connectivity index (χ1) is 29.7. The zero-order valence-electron chi connectivity index (χ0n) is 31.8. The Morgan fingerprint density at radius 2 is 0.883 bits per heavy atom. The molecule has 0 saturated heterocycles. The van der Waals surface area contributed by atoms with Gasteiger partial charge < -0.3 is 8.98 Å². The number of rotatable bonds is 4. The van der Waals surface area contributed by atoms with Crippen LogP contribution in [0.2, 0.25) is 0 Å². The molecule has 13 aromatic rings. The summed E-state index contributed by atoms with van der Waals surface area (Å²) in [6, 6.07) is 62.5. The first-order valence-corrected chi connectivity index (χ1v) is 19.8. The Kier molecular flexibility index (Phi) is 6.63. The average molecular weight is 768 g/mol. The molecule has 0 radical (unpaired) electrons. The topological polar surface area (TPSA) is 90.4 Å². The monoisotopic (exact) mass is 767 g/mol. The van der Waals surface area contributed by atoms with Gasteiger partial charge in [-0.25, -0.2) is 0 Å². The van der Waals surface area contributed by atoms with E-state index < -0.39 is 0 Å². The van der Waals surface area contributed by atoms with E-state index in [4.69, 9.17) is 19.4 Å². The van der Waals surface area contributed by atoms with Gasteiger partial charge in [0.1, 0.15) is 17.2 Å². The van der Waals surface area contributed by atoms with E-state index in [0.717, 1.165) is 93.0 Å². The highest BCUT2D eigenvalue weighted by atomic mass is 16.3. The quantitative estimate of drug-likeness (QED) is 0.178. The van der Waals surface area contributed by atoms with E-state index in [1.807, 2.05) is 72.8 Å². The first-order valence-electron chi connectivity index (χ1n) is 19.8. The lowest BCUT2D eigenvalue weighted by molar-refractivity contribution is 0.669. The zero-order chi connectivity index (χ0) is 39.5. The van der Waals surface area contributed by atoms with Gasteiger partial charge >= 0.3 is 0 Å². The molecule has 8 aromatic carbocycles. The molecule has 0 amide bonds. The van der Waals surface area contributed by atoms with Crippen LogP contribution in [0.4, 0.5) is 0 Å². The number of furan rings is 1. The number of para-hydroxylation sites is 6. The van der Waals surface area contributed by atoms with Crippen molar-refractivity contribution in [3.63, 3.8) is 0 Å². The van der Waals surface area contributed by atoms with Crippen molar-refractivity contribution >= 4 is 87.4 Å². The second kappa shape index (κ2) is 12.2. The Balaban J connectivity index is 1.09. The van der Waals surface area contributed by atoms with Gasteiger partial charge in [0.05, 0.1) is 49.7 Å². The molecule has 5 heterocycles. The van der Waals surface area contributed by atoms with Crippen LogP contribution >= 0.6 is 0 Å². The van der Waals surface area contributed by atoms with Gasteiger partial charge in [0, 0.05) is 43.3 Å². The number of nitrogens with zero attached hydrogens (tertiary/aromatic N) is 7. The van der Waals surface area contributed by atoms with E-state index in [0.29, 0.717) is 28.8 Å². The van der Waals surface area contributed by atoms with Crippen molar-refractivity contribution in [3.05, 3.63) is 181 Å². The fourth-order valence-corrected chi connectivity index (χ4v) is 9.43. The molecule has 8 nitrogen and oxygen atoms in total. The smallest absolute Gasteiger partial charge is 0.240 e. The minimum Gasteiger partial charge on any atom is -0.456 e. The third-order valence-electron chi connectivity index (χ3n) is 12.0. The van der Waals surface area contributed by atoms with Crippen LogP contribution in [0, 0.1) is 11.3 Å². The van der Waals surface area contributed by atoms with Gasteiger partial charge in [-0.15, -0.1) is 0 Å². The Labute approximate surface area is 341 Å². The molecule has 13 rings (SSSR count). The zero-order valence-corrected chi connectivity index (χ0v) is 31.8. The molecule has 0 bridgehead atoms. The van der Waals surface area contributed by atoms with E-state index >= 15 is 0 Å². The Bertz CT molecular complexity index is 3750. The van der Waals surface area contributed by atoms with Crippen LogP contribution in [0.15, 0.2) is 180 Å². The van der Waals surface area contributed by atoms with Crippen LogP contribution in [-0.4, -0.2) is 28.7 Å². The maximum absolute atomic E-state index is 11.0. The maximum atomic E-state index is 11.0. The fourth-order valence-electron chi connectivity index (χ4n) is 9.43. The molecule has 0 aliphatic carbocycles. The Morgan fingerprint density at radius 3 is 1.42 bits per heavy atom. The molecule has 0 atom stereocenters. The highest BCUT2D eigenvalue weighted by molar-refractivity contribution is 6.24. The SMILES string of the molecule is N#Cc1cc(-c2nc(-n3c4ccccc4c4ccccc43)nc(-n3c4ccccc4c4ccccc43)n2)ccc1-n1c2ccccc2c2ccc3oc4ccccc4c3c21. The minimum absolute atomic E-state index is 0.451. The summed E-state index contributed by atoms with van der Waals surface area (Å²) < 4.78 is 12.8. The van der Waals surface area contributed by atoms with Crippen LogP contribution in [-0.2, 0) is 0 Å². The van der Waals surface area contributed by atoms with E-state index in [1.165, 1.54) is 0 Å². The maximum Gasteiger partial charge on any atom is 0.240 e. The van der Waals surface area contributed by atoms with Crippen LogP contribution in [0.25, 0.3) is 116 Å². The summed E-state index contributed by atoms with van der Waals surface area (Å²) in [6.45, 7) is 0. The standard InChI is InChI=1S/C52H29N7O/c53-30-32-29-31(25-27-40(32)57-41-19-7-5-17-37(41)38-26-28-47-48(49(38)57)39-18-6-12-24-46(39)60-47)50-54-51(58-42-20-8-1-13-33(42)34-14-2-9-21-43(34)58)56-52(55-50)59-44-22-10-3-15-35(44)36-16-4-11-23-45(36)59/h1-29H. The van der Waals surface area contributed by atoms with Crippen LogP contribution < -0.4 is 0 Å². The molecule has 0 unspecified atom stereocenters. The number of aromatic nitrogens is 6. The summed E-state index contributed by atoms with van der Waals surface area (Å²) >= 11 is 0. The normalized spacial score (nSPS) is 12.0. The second-order valence-corrected chi connectivity index (χ2v) is 15.1. The first kappa shape index (κ1) is 32.5. The molecule has 0 spiro atoms. The number of hydrogen-bond acceptors (Lipinski definition) is 5. The van der Waals surface area contributed by atoms with E-state index in [2.05, 4.69) is 123 Å².